The van der Waals surface area contributed by atoms with Crippen LogP contribution in [0.1, 0.15) is 18.1 Å². The molecule has 1 saturated heterocycles. The monoisotopic (exact) mass is 592 g/mol. The van der Waals surface area contributed by atoms with E-state index in [1.54, 1.807) is 60.7 Å². The van der Waals surface area contributed by atoms with Gasteiger partial charge in [-0.25, -0.2) is 14.1 Å². The summed E-state index contributed by atoms with van der Waals surface area (Å²) in [5.41, 5.74) is 1.54. The van der Waals surface area contributed by atoms with Crippen molar-refractivity contribution < 1.29 is 23.5 Å². The first-order valence-corrected chi connectivity index (χ1v) is 11.8. The first kappa shape index (κ1) is 24.0. The molecule has 174 valence electrons. The lowest BCUT2D eigenvalue weighted by Crippen LogP contribution is -2.30. The SMILES string of the molecule is CCOc1cc(/C=C2/NC(=O)N(c3cccc(Cl)c3)C2=O)cc(I)c1OCc1ccccc1F. The minimum atomic E-state index is -0.567. The summed E-state index contributed by atoms with van der Waals surface area (Å²) in [6.07, 6.45) is 1.57. The molecule has 1 fully saturated rings. The highest BCUT2D eigenvalue weighted by Gasteiger charge is 2.35. The van der Waals surface area contributed by atoms with E-state index in [-0.39, 0.29) is 18.1 Å². The maximum absolute atomic E-state index is 14.0. The Balaban J connectivity index is 1.61. The summed E-state index contributed by atoms with van der Waals surface area (Å²) in [5, 5.41) is 3.01. The highest BCUT2D eigenvalue weighted by atomic mass is 127. The Labute approximate surface area is 214 Å². The number of halogens is 3. The Hall–Kier alpha value is -3.11. The van der Waals surface area contributed by atoms with Crippen molar-refractivity contribution in [2.45, 2.75) is 13.5 Å². The van der Waals surface area contributed by atoms with Crippen LogP contribution in [0.5, 0.6) is 11.5 Å². The lowest BCUT2D eigenvalue weighted by Gasteiger charge is -2.15. The Morgan fingerprint density at radius 3 is 2.62 bits per heavy atom. The largest absolute Gasteiger partial charge is 0.490 e. The van der Waals surface area contributed by atoms with E-state index >= 15 is 0 Å². The van der Waals surface area contributed by atoms with Gasteiger partial charge in [0.1, 0.15) is 18.1 Å². The molecule has 9 heteroatoms. The molecule has 0 radical (unpaired) electrons. The minimum absolute atomic E-state index is 0.0341. The van der Waals surface area contributed by atoms with Crippen LogP contribution < -0.4 is 19.7 Å². The molecule has 0 atom stereocenters. The smallest absolute Gasteiger partial charge is 0.333 e. The Morgan fingerprint density at radius 2 is 1.88 bits per heavy atom. The summed E-state index contributed by atoms with van der Waals surface area (Å²) < 4.78 is 26.3. The second-order valence-corrected chi connectivity index (χ2v) is 8.85. The quantitative estimate of drug-likeness (QED) is 0.203. The van der Waals surface area contributed by atoms with Crippen molar-refractivity contribution in [1.29, 1.82) is 0 Å². The maximum atomic E-state index is 14.0. The van der Waals surface area contributed by atoms with Crippen molar-refractivity contribution in [3.05, 3.63) is 91.9 Å². The van der Waals surface area contributed by atoms with E-state index in [1.807, 2.05) is 6.92 Å². The van der Waals surface area contributed by atoms with Crippen LogP contribution in [0.15, 0.2) is 66.4 Å². The molecule has 4 rings (SSSR count). The number of amides is 3. The third-order valence-corrected chi connectivity index (χ3v) is 5.95. The number of rotatable bonds is 7. The molecular formula is C25H19ClFIN2O4. The van der Waals surface area contributed by atoms with E-state index < -0.39 is 11.9 Å². The number of ether oxygens (including phenoxy) is 2. The number of anilines is 1. The standard InChI is InChI=1S/C25H19ClFIN2O4/c1-2-33-22-12-15(10-20(28)23(22)34-14-16-6-3-4-9-19(16)27)11-21-24(31)30(25(32)29-21)18-8-5-7-17(26)13-18/h3-13H,2,14H2,1H3,(H,29,32)/b21-11+. The summed E-state index contributed by atoms with van der Waals surface area (Å²) in [6.45, 7) is 2.25. The predicted molar refractivity (Wildman–Crippen MR) is 137 cm³/mol. The van der Waals surface area contributed by atoms with Gasteiger partial charge in [0.05, 0.1) is 15.9 Å². The molecule has 3 aromatic carbocycles. The van der Waals surface area contributed by atoms with Crippen LogP contribution in [0.3, 0.4) is 0 Å². The molecule has 6 nitrogen and oxygen atoms in total. The molecule has 1 N–H and O–H groups in total. The molecule has 0 spiro atoms. The average Bonchev–Trinajstić information content (AvgIpc) is 3.07. The zero-order valence-corrected chi connectivity index (χ0v) is 20.9. The third kappa shape index (κ3) is 5.18. The van der Waals surface area contributed by atoms with Gasteiger partial charge in [-0.1, -0.05) is 35.9 Å². The highest BCUT2D eigenvalue weighted by Crippen LogP contribution is 2.36. The maximum Gasteiger partial charge on any atom is 0.333 e. The number of hydrogen-bond acceptors (Lipinski definition) is 4. The number of benzene rings is 3. The molecular weight excluding hydrogens is 574 g/mol. The first-order chi connectivity index (χ1) is 16.4. The summed E-state index contributed by atoms with van der Waals surface area (Å²) in [4.78, 5) is 26.4. The number of nitrogens with one attached hydrogen (secondary N) is 1. The Kier molecular flexibility index (Phi) is 7.38. The van der Waals surface area contributed by atoms with E-state index in [9.17, 15) is 14.0 Å². The topological polar surface area (TPSA) is 67.9 Å². The van der Waals surface area contributed by atoms with Gasteiger partial charge < -0.3 is 14.8 Å². The van der Waals surface area contributed by atoms with Crippen LogP contribution in [-0.2, 0) is 11.4 Å². The van der Waals surface area contributed by atoms with Crippen LogP contribution in [0.25, 0.3) is 6.08 Å². The van der Waals surface area contributed by atoms with Crippen LogP contribution in [0, 0.1) is 9.39 Å². The molecule has 1 aliphatic rings. The Morgan fingerprint density at radius 1 is 1.09 bits per heavy atom. The van der Waals surface area contributed by atoms with Crippen LogP contribution in [0.2, 0.25) is 5.02 Å². The summed E-state index contributed by atoms with van der Waals surface area (Å²) in [5.74, 6) is 0.0629. The molecule has 0 bridgehead atoms. The Bertz CT molecular complexity index is 1300. The van der Waals surface area contributed by atoms with Gasteiger partial charge in [-0.05, 0) is 77.6 Å². The van der Waals surface area contributed by atoms with E-state index in [0.717, 1.165) is 4.90 Å². The van der Waals surface area contributed by atoms with E-state index in [2.05, 4.69) is 27.9 Å². The van der Waals surface area contributed by atoms with Gasteiger partial charge >= 0.3 is 6.03 Å². The van der Waals surface area contributed by atoms with E-state index in [1.165, 1.54) is 6.07 Å². The molecule has 0 aliphatic carbocycles. The van der Waals surface area contributed by atoms with Crippen molar-refractivity contribution in [2.75, 3.05) is 11.5 Å². The van der Waals surface area contributed by atoms with Gasteiger partial charge in [-0.15, -0.1) is 0 Å². The lowest BCUT2D eigenvalue weighted by atomic mass is 10.1. The molecule has 1 heterocycles. The van der Waals surface area contributed by atoms with Crippen LogP contribution >= 0.6 is 34.2 Å². The molecule has 34 heavy (non-hydrogen) atoms. The van der Waals surface area contributed by atoms with Gasteiger partial charge in [0.2, 0.25) is 0 Å². The van der Waals surface area contributed by atoms with E-state index in [0.29, 0.717) is 43.5 Å². The molecule has 0 aromatic heterocycles. The minimum Gasteiger partial charge on any atom is -0.490 e. The molecule has 3 aromatic rings. The van der Waals surface area contributed by atoms with Crippen molar-refractivity contribution in [2.24, 2.45) is 0 Å². The lowest BCUT2D eigenvalue weighted by molar-refractivity contribution is -0.113. The van der Waals surface area contributed by atoms with Crippen LogP contribution in [-0.4, -0.2) is 18.5 Å². The fourth-order valence-electron chi connectivity index (χ4n) is 3.39. The van der Waals surface area contributed by atoms with Crippen molar-refractivity contribution in [1.82, 2.24) is 5.32 Å². The number of hydrogen-bond donors (Lipinski definition) is 1. The molecule has 0 saturated carbocycles. The second kappa shape index (κ2) is 10.4. The summed E-state index contributed by atoms with van der Waals surface area (Å²) in [6, 6.07) is 15.8. The van der Waals surface area contributed by atoms with Gasteiger partial charge in [-0.3, -0.25) is 4.79 Å². The zero-order chi connectivity index (χ0) is 24.2. The number of imide groups is 1. The zero-order valence-electron chi connectivity index (χ0n) is 18.0. The number of nitrogens with zero attached hydrogens (tertiary/aromatic N) is 1. The predicted octanol–water partition coefficient (Wildman–Crippen LogP) is 6.16. The number of carbonyl (C=O) groups is 2. The summed E-state index contributed by atoms with van der Waals surface area (Å²) >= 11 is 8.10. The first-order valence-electron chi connectivity index (χ1n) is 10.3. The molecule has 0 unspecified atom stereocenters. The average molecular weight is 593 g/mol. The van der Waals surface area contributed by atoms with Crippen molar-refractivity contribution in [3.63, 3.8) is 0 Å². The molecule has 1 aliphatic heterocycles. The molecule has 3 amide bonds. The number of carbonyl (C=O) groups excluding carboxylic acids is 2. The van der Waals surface area contributed by atoms with Gasteiger partial charge in [0, 0.05) is 10.6 Å². The van der Waals surface area contributed by atoms with Crippen molar-refractivity contribution in [3.8, 4) is 11.5 Å². The fraction of sp³-hybridized carbons (Fsp3) is 0.120. The van der Waals surface area contributed by atoms with Crippen molar-refractivity contribution >= 4 is 57.9 Å². The fourth-order valence-corrected chi connectivity index (χ4v) is 4.36. The van der Waals surface area contributed by atoms with Gasteiger partial charge in [-0.2, -0.15) is 0 Å². The summed E-state index contributed by atoms with van der Waals surface area (Å²) in [7, 11) is 0. The van der Waals surface area contributed by atoms with Crippen LogP contribution in [0.4, 0.5) is 14.9 Å². The number of urea groups is 1. The second-order valence-electron chi connectivity index (χ2n) is 7.25. The van der Waals surface area contributed by atoms with Gasteiger partial charge in [0.25, 0.3) is 5.91 Å². The van der Waals surface area contributed by atoms with Gasteiger partial charge in [0.15, 0.2) is 11.5 Å². The van der Waals surface area contributed by atoms with E-state index in [4.69, 9.17) is 21.1 Å². The third-order valence-electron chi connectivity index (χ3n) is 4.92. The highest BCUT2D eigenvalue weighted by molar-refractivity contribution is 14.1. The normalized spacial score (nSPS) is 14.5.